The number of halogens is 1. The van der Waals surface area contributed by atoms with Gasteiger partial charge < -0.3 is 10.1 Å². The number of aryl methyl sites for hydroxylation is 1. The highest BCUT2D eigenvalue weighted by atomic mass is 35.5. The molecule has 6 nitrogen and oxygen atoms in total. The summed E-state index contributed by atoms with van der Waals surface area (Å²) in [5.41, 5.74) is 3.13. The maximum atomic E-state index is 12.7. The van der Waals surface area contributed by atoms with Crippen molar-refractivity contribution in [2.75, 3.05) is 17.2 Å². The van der Waals surface area contributed by atoms with E-state index in [1.807, 2.05) is 25.1 Å². The number of hydrogen-bond donors (Lipinski definition) is 2. The number of nitrogens with one attached hydrogen (secondary N) is 2. The van der Waals surface area contributed by atoms with Crippen LogP contribution in [0.25, 0.3) is 0 Å². The quantitative estimate of drug-likeness (QED) is 0.544. The lowest BCUT2D eigenvalue weighted by atomic mass is 10.1. The number of benzene rings is 2. The van der Waals surface area contributed by atoms with Crippen molar-refractivity contribution < 1.29 is 14.3 Å². The summed E-state index contributed by atoms with van der Waals surface area (Å²) in [6.45, 7) is 2.57. The summed E-state index contributed by atoms with van der Waals surface area (Å²) in [5.74, 6) is -0.469. The molecular weight excluding hydrogens is 434 g/mol. The molecule has 1 saturated heterocycles. The van der Waals surface area contributed by atoms with E-state index in [4.69, 9.17) is 16.3 Å². The van der Waals surface area contributed by atoms with E-state index in [-0.39, 0.29) is 11.8 Å². The number of hydrogen-bond acceptors (Lipinski definition) is 5. The van der Waals surface area contributed by atoms with E-state index in [0.29, 0.717) is 35.8 Å². The molecule has 0 bridgehead atoms. The third-order valence-electron chi connectivity index (χ3n) is 5.00. The standard InChI is InChI=1S/C23H22ClN3O3S/c1-14-7-8-15(11-19(14)24)10-18-13-25-23(31-18)27-21(28)16-4-2-5-17(12-16)26-22(29)20-6-3-9-30-20/h2,4-5,7-8,11-13,20H,3,6,9-10H2,1H3,(H,26,29)(H,25,27,28). The van der Waals surface area contributed by atoms with Crippen molar-refractivity contribution in [3.8, 4) is 0 Å². The fourth-order valence-electron chi connectivity index (χ4n) is 3.31. The second kappa shape index (κ2) is 9.60. The van der Waals surface area contributed by atoms with Gasteiger partial charge in [0.1, 0.15) is 6.10 Å². The molecule has 31 heavy (non-hydrogen) atoms. The van der Waals surface area contributed by atoms with Gasteiger partial charge in [0.05, 0.1) is 0 Å². The number of carbonyl (C=O) groups is 2. The van der Waals surface area contributed by atoms with Crippen molar-refractivity contribution in [1.82, 2.24) is 4.98 Å². The van der Waals surface area contributed by atoms with Crippen LogP contribution in [0.4, 0.5) is 10.8 Å². The Bertz CT molecular complexity index is 1110. The second-order valence-corrected chi connectivity index (χ2v) is 8.94. The Morgan fingerprint density at radius 3 is 2.87 bits per heavy atom. The van der Waals surface area contributed by atoms with E-state index in [9.17, 15) is 9.59 Å². The predicted molar refractivity (Wildman–Crippen MR) is 123 cm³/mol. The van der Waals surface area contributed by atoms with Gasteiger partial charge in [0.15, 0.2) is 5.13 Å². The van der Waals surface area contributed by atoms with Gasteiger partial charge in [-0.15, -0.1) is 11.3 Å². The average Bonchev–Trinajstić information content (AvgIpc) is 3.43. The maximum absolute atomic E-state index is 12.7. The summed E-state index contributed by atoms with van der Waals surface area (Å²) in [7, 11) is 0. The van der Waals surface area contributed by atoms with Gasteiger partial charge in [0.25, 0.3) is 11.8 Å². The van der Waals surface area contributed by atoms with E-state index in [1.54, 1.807) is 30.5 Å². The highest BCUT2D eigenvalue weighted by Gasteiger charge is 2.23. The van der Waals surface area contributed by atoms with Gasteiger partial charge in [-0.2, -0.15) is 0 Å². The molecule has 0 saturated carbocycles. The minimum atomic E-state index is -0.422. The van der Waals surface area contributed by atoms with Gasteiger partial charge in [-0.3, -0.25) is 14.9 Å². The average molecular weight is 456 g/mol. The van der Waals surface area contributed by atoms with Crippen LogP contribution < -0.4 is 10.6 Å². The van der Waals surface area contributed by atoms with Gasteiger partial charge in [-0.05, 0) is 55.2 Å². The van der Waals surface area contributed by atoms with E-state index in [0.717, 1.165) is 27.4 Å². The van der Waals surface area contributed by atoms with E-state index in [1.165, 1.54) is 11.3 Å². The summed E-state index contributed by atoms with van der Waals surface area (Å²) in [6, 6.07) is 12.8. The van der Waals surface area contributed by atoms with Crippen LogP contribution in [0.15, 0.2) is 48.7 Å². The maximum Gasteiger partial charge on any atom is 0.257 e. The van der Waals surface area contributed by atoms with Crippen molar-refractivity contribution in [3.63, 3.8) is 0 Å². The fourth-order valence-corrected chi connectivity index (χ4v) is 4.35. The topological polar surface area (TPSA) is 80.3 Å². The van der Waals surface area contributed by atoms with Gasteiger partial charge in [0, 0.05) is 40.4 Å². The van der Waals surface area contributed by atoms with Crippen molar-refractivity contribution >= 4 is 45.6 Å². The van der Waals surface area contributed by atoms with Crippen molar-refractivity contribution in [2.24, 2.45) is 0 Å². The Balaban J connectivity index is 1.38. The lowest BCUT2D eigenvalue weighted by molar-refractivity contribution is -0.124. The van der Waals surface area contributed by atoms with Crippen LogP contribution in [-0.4, -0.2) is 29.5 Å². The zero-order chi connectivity index (χ0) is 21.8. The number of aromatic nitrogens is 1. The van der Waals surface area contributed by atoms with Crippen LogP contribution in [0.5, 0.6) is 0 Å². The van der Waals surface area contributed by atoms with Gasteiger partial charge in [-0.1, -0.05) is 29.8 Å². The molecule has 1 aliphatic rings. The Hall–Kier alpha value is -2.74. The molecule has 0 radical (unpaired) electrons. The first-order chi connectivity index (χ1) is 15.0. The first kappa shape index (κ1) is 21.5. The lowest BCUT2D eigenvalue weighted by Gasteiger charge is -2.11. The van der Waals surface area contributed by atoms with E-state index in [2.05, 4.69) is 15.6 Å². The first-order valence-corrected chi connectivity index (χ1v) is 11.2. The largest absolute Gasteiger partial charge is 0.368 e. The molecule has 2 heterocycles. The summed E-state index contributed by atoms with van der Waals surface area (Å²) in [6.07, 6.45) is 3.63. The molecule has 1 atom stereocenters. The number of anilines is 2. The third kappa shape index (κ3) is 5.50. The zero-order valence-electron chi connectivity index (χ0n) is 17.0. The monoisotopic (exact) mass is 455 g/mol. The molecule has 4 rings (SSSR count). The molecule has 160 valence electrons. The molecule has 1 aromatic heterocycles. The molecular formula is C23H22ClN3O3S. The lowest BCUT2D eigenvalue weighted by Crippen LogP contribution is -2.27. The third-order valence-corrected chi connectivity index (χ3v) is 6.32. The van der Waals surface area contributed by atoms with Gasteiger partial charge in [-0.25, -0.2) is 4.98 Å². The van der Waals surface area contributed by atoms with Crippen LogP contribution in [0.1, 0.15) is 39.2 Å². The minimum absolute atomic E-state index is 0.184. The van der Waals surface area contributed by atoms with E-state index < -0.39 is 6.10 Å². The highest BCUT2D eigenvalue weighted by molar-refractivity contribution is 7.15. The molecule has 2 amide bonds. The van der Waals surface area contributed by atoms with Crippen LogP contribution in [0, 0.1) is 6.92 Å². The summed E-state index contributed by atoms with van der Waals surface area (Å²) in [5, 5.41) is 6.90. The molecule has 3 aromatic rings. The number of thiazole rings is 1. The molecule has 8 heteroatoms. The Morgan fingerprint density at radius 2 is 2.10 bits per heavy atom. The first-order valence-electron chi connectivity index (χ1n) is 10.0. The molecule has 2 N–H and O–H groups in total. The van der Waals surface area contributed by atoms with Gasteiger partial charge >= 0.3 is 0 Å². The van der Waals surface area contributed by atoms with E-state index >= 15 is 0 Å². The zero-order valence-corrected chi connectivity index (χ0v) is 18.6. The highest BCUT2D eigenvalue weighted by Crippen LogP contribution is 2.24. The van der Waals surface area contributed by atoms with Crippen LogP contribution >= 0.6 is 22.9 Å². The predicted octanol–water partition coefficient (Wildman–Crippen LogP) is 5.07. The van der Waals surface area contributed by atoms with Crippen molar-refractivity contribution in [2.45, 2.75) is 32.3 Å². The molecule has 1 unspecified atom stereocenters. The number of rotatable bonds is 6. The Kier molecular flexibility index (Phi) is 6.65. The normalized spacial score (nSPS) is 15.6. The minimum Gasteiger partial charge on any atom is -0.368 e. The molecule has 0 spiro atoms. The number of ether oxygens (including phenoxy) is 1. The van der Waals surface area contributed by atoms with Crippen LogP contribution in [0.2, 0.25) is 5.02 Å². The summed E-state index contributed by atoms with van der Waals surface area (Å²) in [4.78, 5) is 30.2. The molecule has 1 aliphatic heterocycles. The smallest absolute Gasteiger partial charge is 0.257 e. The van der Waals surface area contributed by atoms with Gasteiger partial charge in [0.2, 0.25) is 0 Å². The van der Waals surface area contributed by atoms with Crippen LogP contribution in [0.3, 0.4) is 0 Å². The molecule has 0 aliphatic carbocycles. The number of carbonyl (C=O) groups excluding carboxylic acids is 2. The number of nitrogens with zero attached hydrogens (tertiary/aromatic N) is 1. The van der Waals surface area contributed by atoms with Crippen molar-refractivity contribution in [3.05, 3.63) is 75.3 Å². The van der Waals surface area contributed by atoms with Crippen LogP contribution in [-0.2, 0) is 16.0 Å². The molecule has 2 aromatic carbocycles. The second-order valence-electron chi connectivity index (χ2n) is 7.42. The Morgan fingerprint density at radius 1 is 1.23 bits per heavy atom. The fraction of sp³-hybridized carbons (Fsp3) is 0.261. The number of amides is 2. The summed E-state index contributed by atoms with van der Waals surface area (Å²) >= 11 is 7.62. The SMILES string of the molecule is Cc1ccc(Cc2cnc(NC(=O)c3cccc(NC(=O)C4CCCO4)c3)s2)cc1Cl. The molecule has 1 fully saturated rings. The summed E-state index contributed by atoms with van der Waals surface area (Å²) < 4.78 is 5.40. The van der Waals surface area contributed by atoms with Crippen molar-refractivity contribution in [1.29, 1.82) is 0 Å². The Labute approximate surface area is 189 Å².